The smallest absolute Gasteiger partial charge is 0.234 e. The molecule has 6 nitrogen and oxygen atoms in total. The zero-order valence-corrected chi connectivity index (χ0v) is 18.7. The fourth-order valence-electron chi connectivity index (χ4n) is 2.90. The second-order valence-electron chi connectivity index (χ2n) is 6.74. The van der Waals surface area contributed by atoms with Crippen molar-refractivity contribution in [1.82, 2.24) is 10.2 Å². The van der Waals surface area contributed by atoms with E-state index < -0.39 is 0 Å². The maximum absolute atomic E-state index is 13.7. The molecule has 2 N–H and O–H groups in total. The Morgan fingerprint density at radius 1 is 1.17 bits per heavy atom. The van der Waals surface area contributed by atoms with E-state index in [4.69, 9.17) is 0 Å². The predicted octanol–water partition coefficient (Wildman–Crippen LogP) is 5.39. The van der Waals surface area contributed by atoms with Crippen molar-refractivity contribution in [3.05, 3.63) is 54.3 Å². The molecule has 0 atom stereocenters. The minimum Gasteiger partial charge on any atom is -0.369 e. The van der Waals surface area contributed by atoms with E-state index in [9.17, 15) is 9.18 Å². The van der Waals surface area contributed by atoms with E-state index in [-0.39, 0.29) is 17.5 Å². The van der Waals surface area contributed by atoms with Gasteiger partial charge in [0.15, 0.2) is 4.34 Å². The minimum atomic E-state index is -0.359. The Labute approximate surface area is 183 Å². The van der Waals surface area contributed by atoms with E-state index >= 15 is 0 Å². The number of anilines is 4. The highest BCUT2D eigenvalue weighted by Crippen LogP contribution is 2.28. The average molecular weight is 446 g/mol. The predicted molar refractivity (Wildman–Crippen MR) is 124 cm³/mol. The van der Waals surface area contributed by atoms with Gasteiger partial charge >= 0.3 is 0 Å². The zero-order chi connectivity index (χ0) is 21.5. The molecule has 0 aliphatic rings. The molecule has 0 spiro atoms. The quantitative estimate of drug-likeness (QED) is 0.431. The summed E-state index contributed by atoms with van der Waals surface area (Å²) < 4.78 is 14.3. The molecule has 0 aliphatic carbocycles. The molecule has 158 valence electrons. The van der Waals surface area contributed by atoms with Crippen molar-refractivity contribution < 1.29 is 9.18 Å². The Balaban J connectivity index is 1.50. The number of aromatic nitrogens is 2. The number of para-hydroxylation sites is 1. The second-order valence-corrected chi connectivity index (χ2v) is 8.94. The van der Waals surface area contributed by atoms with E-state index in [1.165, 1.54) is 29.2 Å². The van der Waals surface area contributed by atoms with Crippen molar-refractivity contribution in [1.29, 1.82) is 0 Å². The zero-order valence-electron chi connectivity index (χ0n) is 17.1. The maximum atomic E-state index is 13.7. The van der Waals surface area contributed by atoms with E-state index in [1.807, 2.05) is 24.3 Å². The van der Waals surface area contributed by atoms with E-state index in [0.29, 0.717) is 21.2 Å². The van der Waals surface area contributed by atoms with E-state index in [2.05, 4.69) is 46.5 Å². The molecule has 30 heavy (non-hydrogen) atoms. The van der Waals surface area contributed by atoms with Crippen LogP contribution in [0.15, 0.2) is 52.9 Å². The number of nitrogens with zero attached hydrogens (tertiary/aromatic N) is 3. The van der Waals surface area contributed by atoms with Gasteiger partial charge in [0, 0.05) is 24.0 Å². The fourth-order valence-corrected chi connectivity index (χ4v) is 4.47. The Morgan fingerprint density at radius 3 is 2.57 bits per heavy atom. The summed E-state index contributed by atoms with van der Waals surface area (Å²) >= 11 is 2.56. The fraction of sp³-hybridized carbons (Fsp3) is 0.286. The van der Waals surface area contributed by atoms with Gasteiger partial charge in [0.2, 0.25) is 11.0 Å². The Kier molecular flexibility index (Phi) is 7.64. The van der Waals surface area contributed by atoms with Crippen LogP contribution in [0.3, 0.4) is 0 Å². The number of halogens is 1. The van der Waals surface area contributed by atoms with Gasteiger partial charge in [-0.1, -0.05) is 35.2 Å². The molecule has 0 saturated carbocycles. The number of carbonyl (C=O) groups is 1. The van der Waals surface area contributed by atoms with Gasteiger partial charge in [0.05, 0.1) is 11.4 Å². The summed E-state index contributed by atoms with van der Waals surface area (Å²) in [5.41, 5.74) is 2.22. The van der Waals surface area contributed by atoms with Crippen LogP contribution >= 0.6 is 23.1 Å². The molecular formula is C21H24FN5OS2. The summed E-state index contributed by atoms with van der Waals surface area (Å²) in [6.45, 7) is 7.36. The summed E-state index contributed by atoms with van der Waals surface area (Å²) in [5, 5.41) is 14.3. The van der Waals surface area contributed by atoms with Crippen LogP contribution in [0.25, 0.3) is 0 Å². The third kappa shape index (κ3) is 5.93. The number of nitrogens with one attached hydrogen (secondary N) is 2. The van der Waals surface area contributed by atoms with Crippen LogP contribution in [-0.2, 0) is 4.79 Å². The first-order valence-electron chi connectivity index (χ1n) is 9.60. The summed E-state index contributed by atoms with van der Waals surface area (Å²) in [7, 11) is 0. The topological polar surface area (TPSA) is 70.2 Å². The summed E-state index contributed by atoms with van der Waals surface area (Å²) in [6.07, 6.45) is 0. The minimum absolute atomic E-state index is 0.122. The lowest BCUT2D eigenvalue weighted by atomic mass is 10.2. The van der Waals surface area contributed by atoms with Crippen LogP contribution in [0.1, 0.15) is 20.8 Å². The van der Waals surface area contributed by atoms with Crippen LogP contribution < -0.4 is 15.5 Å². The van der Waals surface area contributed by atoms with Crippen LogP contribution in [0.5, 0.6) is 0 Å². The molecule has 3 rings (SSSR count). The third-order valence-corrected chi connectivity index (χ3v) is 6.27. The first kappa shape index (κ1) is 22.0. The van der Waals surface area contributed by atoms with Gasteiger partial charge in [-0.2, -0.15) is 0 Å². The van der Waals surface area contributed by atoms with Crippen molar-refractivity contribution in [3.63, 3.8) is 0 Å². The van der Waals surface area contributed by atoms with Crippen LogP contribution in [0, 0.1) is 5.82 Å². The lowest BCUT2D eigenvalue weighted by Gasteiger charge is -2.27. The van der Waals surface area contributed by atoms with E-state index in [1.54, 1.807) is 18.2 Å². The molecule has 9 heteroatoms. The van der Waals surface area contributed by atoms with Gasteiger partial charge < -0.3 is 15.5 Å². The number of benzene rings is 2. The monoisotopic (exact) mass is 445 g/mol. The molecule has 0 radical (unpaired) electrons. The normalized spacial score (nSPS) is 10.8. The Bertz CT molecular complexity index is 978. The van der Waals surface area contributed by atoms with Crippen LogP contribution in [0.2, 0.25) is 0 Å². The average Bonchev–Trinajstić information content (AvgIpc) is 3.17. The molecule has 0 unspecified atom stereocenters. The van der Waals surface area contributed by atoms with Crippen molar-refractivity contribution in [2.24, 2.45) is 0 Å². The highest BCUT2D eigenvalue weighted by molar-refractivity contribution is 8.01. The summed E-state index contributed by atoms with van der Waals surface area (Å²) in [6, 6.07) is 14.6. The number of thioether (sulfide) groups is 1. The molecule has 1 amide bonds. The second kappa shape index (κ2) is 10.4. The largest absolute Gasteiger partial charge is 0.369 e. The molecule has 1 aromatic heterocycles. The lowest BCUT2D eigenvalue weighted by molar-refractivity contribution is -0.113. The molecule has 0 bridgehead atoms. The van der Waals surface area contributed by atoms with Gasteiger partial charge in [-0.15, -0.1) is 10.2 Å². The number of rotatable bonds is 9. The maximum Gasteiger partial charge on any atom is 0.234 e. The molecule has 0 fully saturated rings. The SMILES string of the molecule is CCN(c1ccc(NC(=O)CSc2nnc(Nc3ccccc3F)s2)cc1)C(C)C. The highest BCUT2D eigenvalue weighted by Gasteiger charge is 2.11. The van der Waals surface area contributed by atoms with Gasteiger partial charge in [0.25, 0.3) is 0 Å². The summed E-state index contributed by atoms with van der Waals surface area (Å²) in [5.74, 6) is -0.270. The molecule has 3 aromatic rings. The number of carbonyl (C=O) groups excluding carboxylic acids is 1. The van der Waals surface area contributed by atoms with Crippen molar-refractivity contribution >= 4 is 51.2 Å². The molecule has 2 aromatic carbocycles. The standard InChI is InChI=1S/C21H24FN5OS2/c1-4-27(14(2)3)16-11-9-15(10-12-16)23-19(28)13-29-21-26-25-20(30-21)24-18-8-6-5-7-17(18)22/h5-12,14H,4,13H2,1-3H3,(H,23,28)(H,24,25). The van der Waals surface area contributed by atoms with E-state index in [0.717, 1.165) is 17.9 Å². The first-order chi connectivity index (χ1) is 14.5. The number of amides is 1. The van der Waals surface area contributed by atoms with Gasteiger partial charge in [-0.05, 0) is 57.2 Å². The Morgan fingerprint density at radius 2 is 1.90 bits per heavy atom. The molecule has 0 aliphatic heterocycles. The molecule has 1 heterocycles. The van der Waals surface area contributed by atoms with Crippen LogP contribution in [0.4, 0.5) is 26.6 Å². The Hall–Kier alpha value is -2.65. The first-order valence-corrected chi connectivity index (χ1v) is 11.4. The number of hydrogen-bond acceptors (Lipinski definition) is 7. The lowest BCUT2D eigenvalue weighted by Crippen LogP contribution is -2.30. The molecule has 0 saturated heterocycles. The van der Waals surface area contributed by atoms with Crippen molar-refractivity contribution in [2.75, 3.05) is 27.8 Å². The van der Waals surface area contributed by atoms with Crippen molar-refractivity contribution in [2.45, 2.75) is 31.2 Å². The van der Waals surface area contributed by atoms with Crippen LogP contribution in [-0.4, -0.2) is 34.4 Å². The van der Waals surface area contributed by atoms with Crippen molar-refractivity contribution in [3.8, 4) is 0 Å². The molecular weight excluding hydrogens is 421 g/mol. The third-order valence-electron chi connectivity index (χ3n) is 4.30. The summed E-state index contributed by atoms with van der Waals surface area (Å²) in [4.78, 5) is 14.5. The highest BCUT2D eigenvalue weighted by atomic mass is 32.2. The van der Waals surface area contributed by atoms with Gasteiger partial charge in [0.1, 0.15) is 5.82 Å². The van der Waals surface area contributed by atoms with Gasteiger partial charge in [-0.25, -0.2) is 4.39 Å². The van der Waals surface area contributed by atoms with Gasteiger partial charge in [-0.3, -0.25) is 4.79 Å². The number of hydrogen-bond donors (Lipinski definition) is 2.